The zero-order valence-electron chi connectivity index (χ0n) is 6.89. The van der Waals surface area contributed by atoms with E-state index in [-0.39, 0.29) is 5.54 Å². The van der Waals surface area contributed by atoms with Crippen molar-refractivity contribution < 1.29 is 0 Å². The first-order valence-electron chi connectivity index (χ1n) is 4.06. The molecule has 1 aliphatic rings. The smallest absolute Gasteiger partial charge is 0.00596 e. The van der Waals surface area contributed by atoms with Gasteiger partial charge in [0, 0.05) is 5.54 Å². The van der Waals surface area contributed by atoms with Crippen molar-refractivity contribution in [2.24, 2.45) is 0 Å². The van der Waals surface area contributed by atoms with Gasteiger partial charge in [0.1, 0.15) is 0 Å². The molecule has 0 heterocycles. The molecule has 2 heteroatoms. The van der Waals surface area contributed by atoms with E-state index in [0.717, 1.165) is 17.9 Å². The maximum absolute atomic E-state index is 11.0. The highest BCUT2D eigenvalue weighted by Crippen LogP contribution is 2.31. The Labute approximate surface area is 62.8 Å². The molecule has 0 aliphatic heterocycles. The van der Waals surface area contributed by atoms with E-state index in [1.165, 1.54) is 19.3 Å². The largest absolute Gasteiger partial charge is 0.785 e. The van der Waals surface area contributed by atoms with Crippen molar-refractivity contribution in [1.82, 2.24) is 5.06 Å². The fraction of sp³-hybridized carbons (Fsp3) is 1.00. The zero-order valence-corrected chi connectivity index (χ0v) is 6.89. The van der Waals surface area contributed by atoms with E-state index >= 15 is 0 Å². The Morgan fingerprint density at radius 1 is 1.20 bits per heavy atom. The second-order valence-corrected chi connectivity index (χ2v) is 3.56. The third-order valence-corrected chi connectivity index (χ3v) is 2.69. The number of rotatable bonds is 1. The molecule has 0 saturated heterocycles. The predicted octanol–water partition coefficient (Wildman–Crippen LogP) is 2.14. The first-order valence-corrected chi connectivity index (χ1v) is 4.06. The highest BCUT2D eigenvalue weighted by atomic mass is 16.5. The van der Waals surface area contributed by atoms with Crippen LogP contribution in [0, 0.1) is 5.21 Å². The fourth-order valence-electron chi connectivity index (χ4n) is 1.63. The Kier molecular flexibility index (Phi) is 2.32. The Hall–Kier alpha value is -0.0800. The molecule has 0 N–H and O–H groups in total. The number of hydroxylamine groups is 2. The molecule has 1 rings (SSSR count). The van der Waals surface area contributed by atoms with E-state index in [1.807, 2.05) is 0 Å². The Bertz CT molecular complexity index is 106. The third-order valence-electron chi connectivity index (χ3n) is 2.69. The van der Waals surface area contributed by atoms with Crippen molar-refractivity contribution in [3.05, 3.63) is 5.21 Å². The summed E-state index contributed by atoms with van der Waals surface area (Å²) in [7, 11) is 1.64. The topological polar surface area (TPSA) is 26.3 Å². The van der Waals surface area contributed by atoms with Crippen molar-refractivity contribution in [3.8, 4) is 0 Å². The molecule has 0 unspecified atom stereocenters. The van der Waals surface area contributed by atoms with Gasteiger partial charge in [0.15, 0.2) is 0 Å². The lowest BCUT2D eigenvalue weighted by Crippen LogP contribution is -2.41. The molecule has 0 aromatic carbocycles. The van der Waals surface area contributed by atoms with Gasteiger partial charge in [-0.2, -0.15) is 0 Å². The normalized spacial score (nSPS) is 25.2. The van der Waals surface area contributed by atoms with Crippen LogP contribution < -0.4 is 0 Å². The molecular formula is C8H16NO-. The summed E-state index contributed by atoms with van der Waals surface area (Å²) in [6.07, 6.45) is 5.91. The van der Waals surface area contributed by atoms with Crippen LogP contribution in [-0.2, 0) is 0 Å². The molecule has 0 spiro atoms. The molecule has 0 aromatic heterocycles. The van der Waals surface area contributed by atoms with Gasteiger partial charge in [0.25, 0.3) is 0 Å². The molecule has 1 saturated carbocycles. The SMILES string of the molecule is CN([O-])C1(C)CCCCC1. The summed E-state index contributed by atoms with van der Waals surface area (Å²) >= 11 is 0. The summed E-state index contributed by atoms with van der Waals surface area (Å²) in [5.74, 6) is 0. The van der Waals surface area contributed by atoms with E-state index in [2.05, 4.69) is 6.92 Å². The summed E-state index contributed by atoms with van der Waals surface area (Å²) < 4.78 is 0. The van der Waals surface area contributed by atoms with E-state index in [0.29, 0.717) is 0 Å². The van der Waals surface area contributed by atoms with E-state index < -0.39 is 0 Å². The maximum atomic E-state index is 11.0. The quantitative estimate of drug-likeness (QED) is 0.524. The lowest BCUT2D eigenvalue weighted by Gasteiger charge is -2.46. The van der Waals surface area contributed by atoms with Gasteiger partial charge in [0.2, 0.25) is 0 Å². The lowest BCUT2D eigenvalue weighted by molar-refractivity contribution is 0.141. The molecule has 0 aromatic rings. The van der Waals surface area contributed by atoms with Gasteiger partial charge in [-0.1, -0.05) is 19.3 Å². The first kappa shape index (κ1) is 8.02. The van der Waals surface area contributed by atoms with Crippen LogP contribution in [0.1, 0.15) is 39.0 Å². The fourth-order valence-corrected chi connectivity index (χ4v) is 1.63. The Balaban J connectivity index is 2.48. The predicted molar refractivity (Wildman–Crippen MR) is 42.6 cm³/mol. The Morgan fingerprint density at radius 2 is 1.70 bits per heavy atom. The molecule has 0 amide bonds. The average molecular weight is 142 g/mol. The van der Waals surface area contributed by atoms with Crippen molar-refractivity contribution in [2.75, 3.05) is 7.05 Å². The van der Waals surface area contributed by atoms with Crippen molar-refractivity contribution in [2.45, 2.75) is 44.6 Å². The van der Waals surface area contributed by atoms with Gasteiger partial charge in [0.05, 0.1) is 0 Å². The molecule has 0 atom stereocenters. The highest BCUT2D eigenvalue weighted by Gasteiger charge is 2.25. The van der Waals surface area contributed by atoms with Crippen LogP contribution in [0.2, 0.25) is 0 Å². The molecule has 0 radical (unpaired) electrons. The van der Waals surface area contributed by atoms with Crippen LogP contribution in [0.15, 0.2) is 0 Å². The van der Waals surface area contributed by atoms with Gasteiger partial charge in [-0.3, -0.25) is 0 Å². The second kappa shape index (κ2) is 2.89. The molecular weight excluding hydrogens is 126 g/mol. The minimum Gasteiger partial charge on any atom is -0.785 e. The lowest BCUT2D eigenvalue weighted by atomic mass is 9.83. The Morgan fingerprint density at radius 3 is 2.00 bits per heavy atom. The first-order chi connectivity index (χ1) is 4.65. The van der Waals surface area contributed by atoms with Gasteiger partial charge in [-0.15, -0.1) is 0 Å². The van der Waals surface area contributed by atoms with Crippen LogP contribution in [0.4, 0.5) is 0 Å². The molecule has 10 heavy (non-hydrogen) atoms. The monoisotopic (exact) mass is 142 g/mol. The van der Waals surface area contributed by atoms with E-state index in [4.69, 9.17) is 0 Å². The maximum Gasteiger partial charge on any atom is 0.00596 e. The van der Waals surface area contributed by atoms with E-state index in [9.17, 15) is 5.21 Å². The third kappa shape index (κ3) is 1.50. The summed E-state index contributed by atoms with van der Waals surface area (Å²) in [6, 6.07) is 0. The van der Waals surface area contributed by atoms with Crippen LogP contribution in [0.3, 0.4) is 0 Å². The number of hydrogen-bond acceptors (Lipinski definition) is 2. The molecule has 60 valence electrons. The van der Waals surface area contributed by atoms with Crippen LogP contribution in [-0.4, -0.2) is 17.6 Å². The molecule has 0 bridgehead atoms. The van der Waals surface area contributed by atoms with Gasteiger partial charge >= 0.3 is 0 Å². The summed E-state index contributed by atoms with van der Waals surface area (Å²) in [5.41, 5.74) is -0.0434. The molecule has 1 aliphatic carbocycles. The number of nitrogens with zero attached hydrogens (tertiary/aromatic N) is 1. The zero-order chi connectivity index (χ0) is 7.61. The van der Waals surface area contributed by atoms with Gasteiger partial charge < -0.3 is 10.3 Å². The van der Waals surface area contributed by atoms with Crippen molar-refractivity contribution in [1.29, 1.82) is 0 Å². The molecule has 1 fully saturated rings. The average Bonchev–Trinajstić information content (AvgIpc) is 1.89. The van der Waals surface area contributed by atoms with E-state index in [1.54, 1.807) is 7.05 Å². The summed E-state index contributed by atoms with van der Waals surface area (Å²) in [6.45, 7) is 2.07. The summed E-state index contributed by atoms with van der Waals surface area (Å²) in [4.78, 5) is 0. The number of hydrogen-bond donors (Lipinski definition) is 0. The van der Waals surface area contributed by atoms with Crippen LogP contribution >= 0.6 is 0 Å². The van der Waals surface area contributed by atoms with Crippen LogP contribution in [0.5, 0.6) is 0 Å². The second-order valence-electron chi connectivity index (χ2n) is 3.56. The van der Waals surface area contributed by atoms with Crippen LogP contribution in [0.25, 0.3) is 0 Å². The minimum absolute atomic E-state index is 0.0434. The highest BCUT2D eigenvalue weighted by molar-refractivity contribution is 4.87. The summed E-state index contributed by atoms with van der Waals surface area (Å²) in [5, 5.41) is 12.2. The standard InChI is InChI=1S/C8H16NO/c1-8(9(2)10)6-4-3-5-7-8/h3-7H2,1-2H3/q-1. The van der Waals surface area contributed by atoms with Crippen molar-refractivity contribution in [3.63, 3.8) is 0 Å². The minimum atomic E-state index is -0.0434. The molecule has 2 nitrogen and oxygen atoms in total. The van der Waals surface area contributed by atoms with Gasteiger partial charge in [-0.25, -0.2) is 0 Å². The van der Waals surface area contributed by atoms with Crippen molar-refractivity contribution >= 4 is 0 Å². The van der Waals surface area contributed by atoms with Gasteiger partial charge in [-0.05, 0) is 26.8 Å².